The predicted octanol–water partition coefficient (Wildman–Crippen LogP) is 2.95. The van der Waals surface area contributed by atoms with Crippen molar-refractivity contribution in [2.24, 2.45) is 7.05 Å². The molecule has 0 saturated heterocycles. The Balaban J connectivity index is 2.38. The van der Waals surface area contributed by atoms with E-state index in [1.165, 1.54) is 0 Å². The van der Waals surface area contributed by atoms with Crippen molar-refractivity contribution in [2.75, 3.05) is 34.4 Å². The van der Waals surface area contributed by atoms with Crippen molar-refractivity contribution in [3.63, 3.8) is 0 Å². The lowest BCUT2D eigenvalue weighted by Crippen LogP contribution is -2.17. The minimum atomic E-state index is -0.0822. The number of nitrogens with one attached hydrogen (secondary N) is 1. The lowest BCUT2D eigenvalue weighted by Gasteiger charge is -2.17. The Kier molecular flexibility index (Phi) is 6.87. The van der Waals surface area contributed by atoms with E-state index >= 15 is 0 Å². The molecule has 30 heavy (non-hydrogen) atoms. The summed E-state index contributed by atoms with van der Waals surface area (Å²) < 4.78 is 7.46. The number of phenols is 1. The molecule has 2 N–H and O–H groups in total. The quantitative estimate of drug-likeness (QED) is 0.528. The van der Waals surface area contributed by atoms with Crippen LogP contribution in [-0.4, -0.2) is 59.7 Å². The number of Topliss-reactive ketones (excluding diaryl/α,β-unsaturated/α-hetero) is 1. The molecule has 0 aliphatic rings. The molecular weight excluding hydrogens is 380 g/mol. The Morgan fingerprint density at radius 2 is 2.13 bits per heavy atom. The number of fused-ring (bicyclic) bond motifs is 1. The summed E-state index contributed by atoms with van der Waals surface area (Å²) in [6.45, 7) is 3.38. The van der Waals surface area contributed by atoms with Crippen LogP contribution in [0.3, 0.4) is 0 Å². The maximum atomic E-state index is 13.2. The van der Waals surface area contributed by atoms with Gasteiger partial charge in [-0.25, -0.2) is 0 Å². The van der Waals surface area contributed by atoms with Crippen LogP contribution in [0.25, 0.3) is 22.0 Å². The second-order valence-electron chi connectivity index (χ2n) is 7.60. The zero-order chi connectivity index (χ0) is 21.8. The van der Waals surface area contributed by atoms with Crippen LogP contribution in [-0.2, 0) is 24.9 Å². The number of hydrogen-bond acceptors (Lipinski definition) is 6. The van der Waals surface area contributed by atoms with Gasteiger partial charge in [-0.05, 0) is 40.2 Å². The van der Waals surface area contributed by atoms with Crippen molar-refractivity contribution >= 4 is 16.7 Å². The molecule has 2 aromatic heterocycles. The van der Waals surface area contributed by atoms with E-state index < -0.39 is 0 Å². The molecule has 3 aromatic rings. The number of carbonyl (C=O) groups is 1. The van der Waals surface area contributed by atoms with Gasteiger partial charge in [0, 0.05) is 72.4 Å². The summed E-state index contributed by atoms with van der Waals surface area (Å²) in [6.07, 6.45) is 3.44. The highest BCUT2D eigenvalue weighted by molar-refractivity contribution is 6.12. The van der Waals surface area contributed by atoms with E-state index in [0.717, 1.165) is 27.7 Å². The first-order valence-electron chi connectivity index (χ1n) is 10.1. The third-order valence-electron chi connectivity index (χ3n) is 5.19. The molecule has 3 rings (SSSR count). The molecule has 0 radical (unpaired) electrons. The van der Waals surface area contributed by atoms with Crippen LogP contribution in [0.5, 0.6) is 5.75 Å². The minimum Gasteiger partial charge on any atom is -0.507 e. The lowest BCUT2D eigenvalue weighted by atomic mass is 9.95. The number of rotatable bonds is 9. The van der Waals surface area contributed by atoms with Gasteiger partial charge < -0.3 is 24.6 Å². The molecule has 0 aliphatic heterocycles. The number of phenolic OH excluding ortho intramolecular Hbond substituents is 1. The van der Waals surface area contributed by atoms with Crippen molar-refractivity contribution in [3.05, 3.63) is 47.4 Å². The highest BCUT2D eigenvalue weighted by Crippen LogP contribution is 2.41. The summed E-state index contributed by atoms with van der Waals surface area (Å²) in [4.78, 5) is 19.3. The van der Waals surface area contributed by atoms with Crippen LogP contribution in [0.1, 0.15) is 28.5 Å². The van der Waals surface area contributed by atoms with Gasteiger partial charge in [0.2, 0.25) is 0 Å². The maximum Gasteiger partial charge on any atom is 0.190 e. The number of ether oxygens (including phenoxy) is 1. The van der Waals surface area contributed by atoms with Crippen LogP contribution < -0.4 is 5.32 Å². The van der Waals surface area contributed by atoms with Gasteiger partial charge in [0.15, 0.2) is 5.78 Å². The summed E-state index contributed by atoms with van der Waals surface area (Å²) in [6, 6.07) is 5.71. The average Bonchev–Trinajstić information content (AvgIpc) is 3.00. The van der Waals surface area contributed by atoms with Gasteiger partial charge in [-0.3, -0.25) is 9.78 Å². The summed E-state index contributed by atoms with van der Waals surface area (Å²) in [7, 11) is 7.70. The van der Waals surface area contributed by atoms with Crippen molar-refractivity contribution in [1.29, 1.82) is 0 Å². The van der Waals surface area contributed by atoms with E-state index in [1.807, 2.05) is 62.8 Å². The number of aryl methyl sites for hydroxylation is 1. The number of pyridine rings is 1. The number of ketones is 1. The molecule has 2 heterocycles. The molecule has 0 bridgehead atoms. The van der Waals surface area contributed by atoms with Gasteiger partial charge >= 0.3 is 0 Å². The van der Waals surface area contributed by atoms with Crippen molar-refractivity contribution in [1.82, 2.24) is 19.8 Å². The monoisotopic (exact) mass is 410 g/mol. The third kappa shape index (κ3) is 4.09. The van der Waals surface area contributed by atoms with Crippen molar-refractivity contribution in [2.45, 2.75) is 20.0 Å². The molecule has 0 atom stereocenters. The second-order valence-corrected chi connectivity index (χ2v) is 7.60. The number of carbonyl (C=O) groups excluding carboxylic acids is 1. The molecule has 1 aromatic carbocycles. The van der Waals surface area contributed by atoms with Gasteiger partial charge in [0.05, 0.1) is 5.56 Å². The van der Waals surface area contributed by atoms with E-state index in [2.05, 4.69) is 10.3 Å². The Morgan fingerprint density at radius 1 is 1.37 bits per heavy atom. The van der Waals surface area contributed by atoms with E-state index in [1.54, 1.807) is 12.4 Å². The molecule has 0 fully saturated rings. The largest absolute Gasteiger partial charge is 0.507 e. The van der Waals surface area contributed by atoms with Gasteiger partial charge in [-0.1, -0.05) is 6.07 Å². The maximum absolute atomic E-state index is 13.2. The molecule has 0 spiro atoms. The fraction of sp³-hybridized carbons (Fsp3) is 0.391. The predicted molar refractivity (Wildman–Crippen MR) is 119 cm³/mol. The van der Waals surface area contributed by atoms with Crippen LogP contribution in [0, 0.1) is 0 Å². The number of hydrogen-bond donors (Lipinski definition) is 2. The molecule has 0 amide bonds. The first kappa shape index (κ1) is 22.0. The number of nitrogens with zero attached hydrogens (tertiary/aromatic N) is 3. The summed E-state index contributed by atoms with van der Waals surface area (Å²) in [5.41, 5.74) is 4.64. The fourth-order valence-corrected chi connectivity index (χ4v) is 3.87. The van der Waals surface area contributed by atoms with Gasteiger partial charge in [-0.2, -0.15) is 0 Å². The summed E-state index contributed by atoms with van der Waals surface area (Å²) in [5.74, 6) is 0.0949. The molecule has 0 saturated carbocycles. The normalized spacial score (nSPS) is 11.5. The number of aromatic hydroxyl groups is 1. The van der Waals surface area contributed by atoms with E-state index in [4.69, 9.17) is 4.74 Å². The highest BCUT2D eigenvalue weighted by Gasteiger charge is 2.26. The second kappa shape index (κ2) is 9.38. The Bertz CT molecular complexity index is 1040. The topological polar surface area (TPSA) is 79.6 Å². The first-order chi connectivity index (χ1) is 14.4. The van der Waals surface area contributed by atoms with Crippen LogP contribution in [0.15, 0.2) is 30.6 Å². The summed E-state index contributed by atoms with van der Waals surface area (Å²) in [5, 5.41) is 15.2. The molecular formula is C23H30N4O3. The van der Waals surface area contributed by atoms with E-state index in [9.17, 15) is 9.90 Å². The van der Waals surface area contributed by atoms with Crippen LogP contribution in [0.2, 0.25) is 0 Å². The highest BCUT2D eigenvalue weighted by atomic mass is 16.5. The first-order valence-corrected chi connectivity index (χ1v) is 10.1. The van der Waals surface area contributed by atoms with Gasteiger partial charge in [-0.15, -0.1) is 0 Å². The molecule has 0 aliphatic carbocycles. The zero-order valence-electron chi connectivity index (χ0n) is 18.3. The van der Waals surface area contributed by atoms with Crippen LogP contribution >= 0.6 is 0 Å². The minimum absolute atomic E-state index is 0.0127. The molecule has 0 unspecified atom stereocenters. The van der Waals surface area contributed by atoms with Crippen molar-refractivity contribution < 1.29 is 14.6 Å². The van der Waals surface area contributed by atoms with Crippen LogP contribution in [0.4, 0.5) is 0 Å². The van der Waals surface area contributed by atoms with Gasteiger partial charge in [0.1, 0.15) is 12.4 Å². The van der Waals surface area contributed by atoms with E-state index in [-0.39, 0.29) is 18.1 Å². The molecule has 7 heteroatoms. The molecule has 160 valence electrons. The standard InChI is InChI=1S/C23H30N4O3/c1-6-30-14-20(28)22-19(12-24-2)27(5)18-10-16(15-8-7-9-25-11-15)23(29)17(21(18)22)13-26(3)4/h7-11,24,29H,6,12-14H2,1-5H3. The smallest absolute Gasteiger partial charge is 0.190 e. The Labute approximate surface area is 177 Å². The van der Waals surface area contributed by atoms with Crippen molar-refractivity contribution in [3.8, 4) is 16.9 Å². The van der Waals surface area contributed by atoms with E-state index in [0.29, 0.717) is 30.8 Å². The fourth-order valence-electron chi connectivity index (χ4n) is 3.87. The Morgan fingerprint density at radius 3 is 2.73 bits per heavy atom. The zero-order valence-corrected chi connectivity index (χ0v) is 18.3. The third-order valence-corrected chi connectivity index (χ3v) is 5.19. The number of benzene rings is 1. The average molecular weight is 411 g/mol. The SMILES string of the molecule is CCOCC(=O)c1c(CNC)n(C)c2cc(-c3cccnc3)c(O)c(CN(C)C)c12. The molecule has 7 nitrogen and oxygen atoms in total. The summed E-state index contributed by atoms with van der Waals surface area (Å²) >= 11 is 0. The lowest BCUT2D eigenvalue weighted by molar-refractivity contribution is 0.0783. The van der Waals surface area contributed by atoms with Gasteiger partial charge in [0.25, 0.3) is 0 Å². The Hall–Kier alpha value is -2.74. The number of aromatic nitrogens is 2.